The summed E-state index contributed by atoms with van der Waals surface area (Å²) in [7, 11) is 0. The molecule has 138 valence electrons. The quantitative estimate of drug-likeness (QED) is 0.664. The molecule has 0 amide bonds. The summed E-state index contributed by atoms with van der Waals surface area (Å²) in [4.78, 5) is 5.01. The number of rotatable bonds is 5. The summed E-state index contributed by atoms with van der Waals surface area (Å²) in [5.74, 6) is 1.69. The van der Waals surface area contributed by atoms with Crippen LogP contribution in [0.1, 0.15) is 52.4 Å². The van der Waals surface area contributed by atoms with E-state index in [2.05, 4.69) is 77.2 Å². The third-order valence-electron chi connectivity index (χ3n) is 4.62. The van der Waals surface area contributed by atoms with Crippen LogP contribution in [0.5, 0.6) is 0 Å². The Morgan fingerprint density at radius 2 is 1.81 bits per heavy atom. The molecule has 0 spiro atoms. The molecular formula is C22H30N4. The summed E-state index contributed by atoms with van der Waals surface area (Å²) in [6.07, 6.45) is 1.13. The molecule has 1 N–H and O–H groups in total. The number of hydrogen-bond acceptors (Lipinski definition) is 3. The Bertz CT molecular complexity index is 886. The van der Waals surface area contributed by atoms with Crippen LogP contribution >= 0.6 is 0 Å². The summed E-state index contributed by atoms with van der Waals surface area (Å²) in [6.45, 7) is 14.1. The number of fused-ring (bicyclic) bond motifs is 1. The van der Waals surface area contributed by atoms with Crippen molar-refractivity contribution < 1.29 is 0 Å². The zero-order valence-corrected chi connectivity index (χ0v) is 16.8. The monoisotopic (exact) mass is 350 g/mol. The molecule has 0 radical (unpaired) electrons. The van der Waals surface area contributed by atoms with E-state index in [-0.39, 0.29) is 5.41 Å². The van der Waals surface area contributed by atoms with Gasteiger partial charge in [0.2, 0.25) is 0 Å². The molecule has 0 unspecified atom stereocenters. The van der Waals surface area contributed by atoms with Crippen molar-refractivity contribution in [1.29, 1.82) is 0 Å². The number of anilines is 1. The lowest BCUT2D eigenvalue weighted by Crippen LogP contribution is -2.17. The second kappa shape index (κ2) is 7.10. The first kappa shape index (κ1) is 18.4. The Balaban J connectivity index is 2.17. The standard InChI is InChI=1S/C22H30N4/c1-15(2)12-13-23-19-14-18(22(4,5)6)24-21-20(16(3)25-26(19)21)17-10-8-7-9-11-17/h7-11,14-15,23H,12-13H2,1-6H3. The van der Waals surface area contributed by atoms with E-state index in [0.29, 0.717) is 5.92 Å². The van der Waals surface area contributed by atoms with Crippen LogP contribution in [0.25, 0.3) is 16.8 Å². The molecule has 0 atom stereocenters. The minimum atomic E-state index is -0.0254. The third kappa shape index (κ3) is 3.74. The van der Waals surface area contributed by atoms with E-state index in [4.69, 9.17) is 10.1 Å². The summed E-state index contributed by atoms with van der Waals surface area (Å²) < 4.78 is 1.97. The Kier molecular flexibility index (Phi) is 5.03. The molecule has 0 fully saturated rings. The van der Waals surface area contributed by atoms with E-state index < -0.39 is 0 Å². The molecule has 3 aromatic rings. The van der Waals surface area contributed by atoms with Crippen LogP contribution in [0, 0.1) is 12.8 Å². The van der Waals surface area contributed by atoms with Crippen molar-refractivity contribution in [3.63, 3.8) is 0 Å². The van der Waals surface area contributed by atoms with Gasteiger partial charge in [-0.15, -0.1) is 0 Å². The molecule has 0 aliphatic heterocycles. The molecule has 0 aliphatic carbocycles. The van der Waals surface area contributed by atoms with Gasteiger partial charge in [0, 0.05) is 23.6 Å². The maximum absolute atomic E-state index is 5.01. The predicted molar refractivity (Wildman–Crippen MR) is 110 cm³/mol. The van der Waals surface area contributed by atoms with Crippen LogP contribution in [0.15, 0.2) is 36.4 Å². The van der Waals surface area contributed by atoms with E-state index >= 15 is 0 Å². The number of nitrogens with zero attached hydrogens (tertiary/aromatic N) is 3. The minimum absolute atomic E-state index is 0.0254. The van der Waals surface area contributed by atoms with Crippen molar-refractivity contribution in [2.24, 2.45) is 5.92 Å². The van der Waals surface area contributed by atoms with E-state index in [1.54, 1.807) is 0 Å². The second-order valence-corrected chi connectivity index (χ2v) is 8.45. The number of benzene rings is 1. The highest BCUT2D eigenvalue weighted by atomic mass is 15.3. The Morgan fingerprint density at radius 1 is 1.12 bits per heavy atom. The number of aromatic nitrogens is 3. The SMILES string of the molecule is Cc1nn2c(NCCC(C)C)cc(C(C)(C)C)nc2c1-c1ccccc1. The fourth-order valence-electron chi connectivity index (χ4n) is 3.07. The lowest BCUT2D eigenvalue weighted by atomic mass is 9.92. The van der Waals surface area contributed by atoms with Crippen molar-refractivity contribution in [3.05, 3.63) is 47.8 Å². The van der Waals surface area contributed by atoms with Gasteiger partial charge in [-0.2, -0.15) is 9.61 Å². The maximum Gasteiger partial charge on any atom is 0.165 e. The lowest BCUT2D eigenvalue weighted by Gasteiger charge is -2.20. The lowest BCUT2D eigenvalue weighted by molar-refractivity contribution is 0.568. The first-order valence-electron chi connectivity index (χ1n) is 9.47. The van der Waals surface area contributed by atoms with Crippen molar-refractivity contribution in [2.75, 3.05) is 11.9 Å². The molecule has 0 saturated heterocycles. The van der Waals surface area contributed by atoms with E-state index in [1.807, 2.05) is 10.6 Å². The molecule has 1 aromatic carbocycles. The average molecular weight is 351 g/mol. The highest BCUT2D eigenvalue weighted by molar-refractivity contribution is 5.81. The smallest absolute Gasteiger partial charge is 0.165 e. The molecule has 0 aliphatic rings. The van der Waals surface area contributed by atoms with Gasteiger partial charge < -0.3 is 5.32 Å². The van der Waals surface area contributed by atoms with Crippen LogP contribution in [0.3, 0.4) is 0 Å². The third-order valence-corrected chi connectivity index (χ3v) is 4.62. The summed E-state index contributed by atoms with van der Waals surface area (Å²) >= 11 is 0. The van der Waals surface area contributed by atoms with Crippen LogP contribution in [0.2, 0.25) is 0 Å². The summed E-state index contributed by atoms with van der Waals surface area (Å²) in [5.41, 5.74) is 5.25. The van der Waals surface area contributed by atoms with Crippen LogP contribution in [0.4, 0.5) is 5.82 Å². The Labute approximate surface area is 156 Å². The van der Waals surface area contributed by atoms with Gasteiger partial charge in [0.25, 0.3) is 0 Å². The molecular weight excluding hydrogens is 320 g/mol. The summed E-state index contributed by atoms with van der Waals surface area (Å²) in [5, 5.41) is 8.39. The normalized spacial score (nSPS) is 12.1. The van der Waals surface area contributed by atoms with Crippen molar-refractivity contribution in [1.82, 2.24) is 14.6 Å². The first-order valence-corrected chi connectivity index (χ1v) is 9.47. The van der Waals surface area contributed by atoms with Gasteiger partial charge in [0.1, 0.15) is 5.82 Å². The number of aryl methyl sites for hydroxylation is 1. The number of hydrogen-bond donors (Lipinski definition) is 1. The van der Waals surface area contributed by atoms with E-state index in [1.165, 1.54) is 0 Å². The van der Waals surface area contributed by atoms with Crippen LogP contribution in [-0.4, -0.2) is 21.1 Å². The van der Waals surface area contributed by atoms with Gasteiger partial charge in [-0.25, -0.2) is 4.98 Å². The van der Waals surface area contributed by atoms with Gasteiger partial charge in [0.05, 0.1) is 11.4 Å². The largest absolute Gasteiger partial charge is 0.370 e. The van der Waals surface area contributed by atoms with Gasteiger partial charge in [-0.3, -0.25) is 0 Å². The maximum atomic E-state index is 5.01. The Hall–Kier alpha value is -2.36. The van der Waals surface area contributed by atoms with E-state index in [9.17, 15) is 0 Å². The molecule has 0 bridgehead atoms. The molecule has 4 heteroatoms. The van der Waals surface area contributed by atoms with Crippen molar-refractivity contribution >= 4 is 11.5 Å². The molecule has 2 aromatic heterocycles. The topological polar surface area (TPSA) is 42.2 Å². The van der Waals surface area contributed by atoms with Gasteiger partial charge in [-0.1, -0.05) is 65.0 Å². The van der Waals surface area contributed by atoms with E-state index in [0.717, 1.165) is 46.9 Å². The zero-order chi connectivity index (χ0) is 18.9. The van der Waals surface area contributed by atoms with Crippen molar-refractivity contribution in [2.45, 2.75) is 53.4 Å². The second-order valence-electron chi connectivity index (χ2n) is 8.45. The highest BCUT2D eigenvalue weighted by Gasteiger charge is 2.22. The van der Waals surface area contributed by atoms with Gasteiger partial charge in [-0.05, 0) is 24.8 Å². The molecule has 4 nitrogen and oxygen atoms in total. The number of nitrogens with one attached hydrogen (secondary N) is 1. The molecule has 0 saturated carbocycles. The van der Waals surface area contributed by atoms with Crippen LogP contribution < -0.4 is 5.32 Å². The molecule has 26 heavy (non-hydrogen) atoms. The van der Waals surface area contributed by atoms with Crippen LogP contribution in [-0.2, 0) is 5.41 Å². The highest BCUT2D eigenvalue weighted by Crippen LogP contribution is 2.31. The molecule has 3 rings (SSSR count). The zero-order valence-electron chi connectivity index (χ0n) is 16.8. The van der Waals surface area contributed by atoms with Gasteiger partial charge >= 0.3 is 0 Å². The predicted octanol–water partition coefficient (Wildman–Crippen LogP) is 5.46. The minimum Gasteiger partial charge on any atom is -0.370 e. The van der Waals surface area contributed by atoms with Crippen molar-refractivity contribution in [3.8, 4) is 11.1 Å². The summed E-state index contributed by atoms with van der Waals surface area (Å²) in [6, 6.07) is 12.6. The fraction of sp³-hybridized carbons (Fsp3) is 0.455. The molecule has 2 heterocycles. The van der Waals surface area contributed by atoms with Gasteiger partial charge in [0.15, 0.2) is 5.65 Å². The average Bonchev–Trinajstić information content (AvgIpc) is 2.90. The fourth-order valence-corrected chi connectivity index (χ4v) is 3.07. The Morgan fingerprint density at radius 3 is 2.42 bits per heavy atom. The first-order chi connectivity index (χ1) is 12.3.